The van der Waals surface area contributed by atoms with E-state index < -0.39 is 0 Å². The number of anilines is 1. The third kappa shape index (κ3) is 6.30. The lowest BCUT2D eigenvalue weighted by Crippen LogP contribution is -2.49. The van der Waals surface area contributed by atoms with E-state index in [1.807, 2.05) is 36.9 Å². The van der Waals surface area contributed by atoms with E-state index in [2.05, 4.69) is 15.3 Å². The number of carbonyl (C=O) groups is 3. The Bertz CT molecular complexity index is 1200. The molecule has 5 rings (SSSR count). The van der Waals surface area contributed by atoms with Crippen LogP contribution in [0.2, 0.25) is 0 Å². The number of hydrogen-bond donors (Lipinski definition) is 1. The maximum atomic E-state index is 13.6. The number of nitrogens with one attached hydrogen (secondary N) is 1. The Labute approximate surface area is 224 Å². The van der Waals surface area contributed by atoms with E-state index in [9.17, 15) is 14.4 Å². The maximum Gasteiger partial charge on any atom is 0.272 e. The second kappa shape index (κ2) is 11.9. The van der Waals surface area contributed by atoms with Crippen LogP contribution >= 0.6 is 0 Å². The van der Waals surface area contributed by atoms with Crippen LogP contribution in [0.5, 0.6) is 5.75 Å². The van der Waals surface area contributed by atoms with Gasteiger partial charge in [0.1, 0.15) is 18.1 Å². The lowest BCUT2D eigenvalue weighted by atomic mass is 10.1. The monoisotopic (exact) mass is 522 g/mol. The van der Waals surface area contributed by atoms with Gasteiger partial charge in [-0.2, -0.15) is 0 Å². The number of likely N-dealkylation sites (N-methyl/N-ethyl adjacent to an activating group) is 1. The first-order chi connectivity index (χ1) is 18.1. The average Bonchev–Trinajstić information content (AvgIpc) is 3.34. The molecule has 3 aliphatic heterocycles. The molecule has 1 N–H and O–H groups in total. The van der Waals surface area contributed by atoms with Crippen LogP contribution in [-0.4, -0.2) is 95.3 Å². The van der Waals surface area contributed by atoms with Gasteiger partial charge in [0.2, 0.25) is 11.8 Å². The van der Waals surface area contributed by atoms with Gasteiger partial charge in [0.05, 0.1) is 17.8 Å². The van der Waals surface area contributed by atoms with Gasteiger partial charge in [0.25, 0.3) is 5.91 Å². The molecular formula is C28H38N6O4. The minimum absolute atomic E-state index is 0.0386. The summed E-state index contributed by atoms with van der Waals surface area (Å²) in [5, 5.41) is 2.84. The van der Waals surface area contributed by atoms with Gasteiger partial charge in [-0.3, -0.25) is 19.3 Å². The largest absolute Gasteiger partial charge is 0.489 e. The first kappa shape index (κ1) is 27.5. The predicted octanol–water partition coefficient (Wildman–Crippen LogP) is 2.97. The van der Waals surface area contributed by atoms with Crippen molar-refractivity contribution in [1.82, 2.24) is 24.7 Å². The summed E-state index contributed by atoms with van der Waals surface area (Å²) in [5.41, 5.74) is 2.14. The van der Waals surface area contributed by atoms with Crippen LogP contribution in [-0.2, 0) is 9.59 Å². The standard InChI is InChI=1S/C28H38N6O4/c1-18-15-23-27(36)33(5)13-7-6-10-24(32(3)4)28(37)34-14-8-9-21(34)17-38-25-12-11-20(26(29-18)31-23)16-22(25)30-19(2)35/h11-12,15-16,21,24H,6-10,13-14,17H2,1-5H3,(H,30,35)/t21-,24-/m0/s1. The third-order valence-electron chi connectivity index (χ3n) is 7.19. The normalized spacial score (nSPS) is 21.0. The Kier molecular flexibility index (Phi) is 8.61. The van der Waals surface area contributed by atoms with Crippen molar-refractivity contribution in [1.29, 1.82) is 0 Å². The second-order valence-electron chi connectivity index (χ2n) is 10.5. The molecule has 10 heteroatoms. The molecule has 3 amide bonds. The highest BCUT2D eigenvalue weighted by Crippen LogP contribution is 2.31. The van der Waals surface area contributed by atoms with Crippen LogP contribution in [0.15, 0.2) is 24.3 Å². The number of amides is 3. The topological polar surface area (TPSA) is 108 Å². The van der Waals surface area contributed by atoms with Gasteiger partial charge >= 0.3 is 0 Å². The van der Waals surface area contributed by atoms with Gasteiger partial charge in [-0.1, -0.05) is 0 Å². The van der Waals surface area contributed by atoms with Gasteiger partial charge in [-0.15, -0.1) is 0 Å². The number of aromatic nitrogens is 2. The molecule has 0 unspecified atom stereocenters. The zero-order valence-corrected chi connectivity index (χ0v) is 23.0. The Morgan fingerprint density at radius 2 is 1.87 bits per heavy atom. The highest BCUT2D eigenvalue weighted by Gasteiger charge is 2.34. The molecule has 1 saturated heterocycles. The van der Waals surface area contributed by atoms with Crippen molar-refractivity contribution >= 4 is 23.4 Å². The van der Waals surface area contributed by atoms with Crippen LogP contribution in [0.4, 0.5) is 5.69 Å². The molecule has 38 heavy (non-hydrogen) atoms. The van der Waals surface area contributed by atoms with Gasteiger partial charge in [-0.25, -0.2) is 9.97 Å². The number of aryl methyl sites for hydroxylation is 1. The zero-order valence-electron chi connectivity index (χ0n) is 23.0. The summed E-state index contributed by atoms with van der Waals surface area (Å²) >= 11 is 0. The summed E-state index contributed by atoms with van der Waals surface area (Å²) in [6.07, 6.45) is 4.11. The van der Waals surface area contributed by atoms with Crippen LogP contribution in [0.3, 0.4) is 0 Å². The van der Waals surface area contributed by atoms with E-state index in [4.69, 9.17) is 4.74 Å². The molecule has 1 aromatic carbocycles. The first-order valence-corrected chi connectivity index (χ1v) is 13.3. The predicted molar refractivity (Wildman–Crippen MR) is 145 cm³/mol. The van der Waals surface area contributed by atoms with Crippen molar-refractivity contribution < 1.29 is 19.1 Å². The number of carbonyl (C=O) groups excluding carboxylic acids is 3. The average molecular weight is 523 g/mol. The molecule has 0 radical (unpaired) electrons. The van der Waals surface area contributed by atoms with Gasteiger partial charge in [0.15, 0.2) is 5.82 Å². The SMILES string of the molecule is CC(=O)Nc1cc2ccc1OC[C@@H]1CCCN1C(=O)[C@@H](N(C)C)CCCCN(C)C(=O)c1cc(C)nc-2n1. The molecular weight excluding hydrogens is 484 g/mol. The van der Waals surface area contributed by atoms with E-state index >= 15 is 0 Å². The quantitative estimate of drug-likeness (QED) is 0.646. The molecule has 4 bridgehead atoms. The van der Waals surface area contributed by atoms with Crippen LogP contribution in [0.25, 0.3) is 11.4 Å². The molecule has 0 saturated carbocycles. The molecule has 0 spiro atoms. The molecule has 10 nitrogen and oxygen atoms in total. The molecule has 4 heterocycles. The Balaban J connectivity index is 1.73. The second-order valence-corrected chi connectivity index (χ2v) is 10.5. The van der Waals surface area contributed by atoms with Crippen molar-refractivity contribution in [3.8, 4) is 17.1 Å². The minimum Gasteiger partial charge on any atom is -0.489 e. The highest BCUT2D eigenvalue weighted by molar-refractivity contribution is 5.93. The number of rotatable bonds is 2. The van der Waals surface area contributed by atoms with Crippen molar-refractivity contribution in [3.63, 3.8) is 0 Å². The highest BCUT2D eigenvalue weighted by atomic mass is 16.5. The summed E-state index contributed by atoms with van der Waals surface area (Å²) < 4.78 is 6.20. The fourth-order valence-electron chi connectivity index (χ4n) is 5.15. The summed E-state index contributed by atoms with van der Waals surface area (Å²) in [6.45, 7) is 4.87. The zero-order chi connectivity index (χ0) is 27.4. The molecule has 2 aromatic rings. The Hall–Kier alpha value is -3.53. The van der Waals surface area contributed by atoms with Crippen LogP contribution in [0, 0.1) is 6.92 Å². The smallest absolute Gasteiger partial charge is 0.272 e. The number of fused-ring (bicyclic) bond motifs is 10. The fourth-order valence-corrected chi connectivity index (χ4v) is 5.15. The maximum absolute atomic E-state index is 13.6. The molecule has 3 aliphatic rings. The van der Waals surface area contributed by atoms with E-state index in [-0.39, 0.29) is 29.8 Å². The molecule has 2 atom stereocenters. The minimum atomic E-state index is -0.237. The van der Waals surface area contributed by atoms with Crippen LogP contribution in [0.1, 0.15) is 55.2 Å². The molecule has 204 valence electrons. The summed E-state index contributed by atoms with van der Waals surface area (Å²) in [5.74, 6) is 0.604. The fraction of sp³-hybridized carbons (Fsp3) is 0.536. The van der Waals surface area contributed by atoms with E-state index in [0.717, 1.165) is 25.7 Å². The Morgan fingerprint density at radius 3 is 2.61 bits per heavy atom. The van der Waals surface area contributed by atoms with Crippen molar-refractivity contribution in [3.05, 3.63) is 35.7 Å². The summed E-state index contributed by atoms with van der Waals surface area (Å²) in [7, 11) is 5.64. The first-order valence-electron chi connectivity index (χ1n) is 13.3. The van der Waals surface area contributed by atoms with Crippen LogP contribution < -0.4 is 10.1 Å². The summed E-state index contributed by atoms with van der Waals surface area (Å²) in [6, 6.07) is 6.77. The number of ether oxygens (including phenoxy) is 1. The lowest BCUT2D eigenvalue weighted by molar-refractivity contribution is -0.137. The Morgan fingerprint density at radius 1 is 1.08 bits per heavy atom. The van der Waals surface area contributed by atoms with Gasteiger partial charge in [-0.05, 0) is 77.4 Å². The van der Waals surface area contributed by atoms with Crippen molar-refractivity contribution in [2.24, 2.45) is 0 Å². The lowest BCUT2D eigenvalue weighted by Gasteiger charge is -2.32. The van der Waals surface area contributed by atoms with Crippen molar-refractivity contribution in [2.45, 2.75) is 58.0 Å². The van der Waals surface area contributed by atoms with Gasteiger partial charge in [0, 0.05) is 38.3 Å². The van der Waals surface area contributed by atoms with Gasteiger partial charge < -0.3 is 19.9 Å². The van der Waals surface area contributed by atoms with E-state index in [1.54, 1.807) is 30.1 Å². The van der Waals surface area contributed by atoms with E-state index in [1.165, 1.54) is 6.92 Å². The number of hydrogen-bond acceptors (Lipinski definition) is 7. The van der Waals surface area contributed by atoms with E-state index in [0.29, 0.717) is 60.3 Å². The molecule has 0 aliphatic carbocycles. The molecule has 1 fully saturated rings. The molecule has 1 aromatic heterocycles. The number of benzene rings is 1. The summed E-state index contributed by atoms with van der Waals surface area (Å²) in [4.78, 5) is 53.5. The van der Waals surface area contributed by atoms with Crippen molar-refractivity contribution in [2.75, 3.05) is 46.2 Å². The third-order valence-corrected chi connectivity index (χ3v) is 7.19. The number of nitrogens with zero attached hydrogens (tertiary/aromatic N) is 5.